The first-order valence-corrected chi connectivity index (χ1v) is 6.77. The zero-order chi connectivity index (χ0) is 14.5. The van der Waals surface area contributed by atoms with Gasteiger partial charge in [0, 0.05) is 19.6 Å². The van der Waals surface area contributed by atoms with Crippen LogP contribution in [0, 0.1) is 5.92 Å². The Kier molecular flexibility index (Phi) is 2.81. The first kappa shape index (κ1) is 13.1. The number of rotatable bonds is 0. The van der Waals surface area contributed by atoms with E-state index >= 15 is 0 Å². The third kappa shape index (κ3) is 2.28. The summed E-state index contributed by atoms with van der Waals surface area (Å²) >= 11 is 0. The molecule has 0 aromatic heterocycles. The molecule has 0 saturated carbocycles. The van der Waals surface area contributed by atoms with E-state index in [0.717, 1.165) is 12.0 Å². The number of piperidine rings is 1. The van der Waals surface area contributed by atoms with E-state index in [1.54, 1.807) is 9.80 Å². The average Bonchev–Trinajstić information content (AvgIpc) is 2.69. The lowest BCUT2D eigenvalue weighted by molar-refractivity contribution is 0.0186. The molecular formula is C13H18N4O3. The van der Waals surface area contributed by atoms with E-state index in [1.807, 2.05) is 20.8 Å². The van der Waals surface area contributed by atoms with Crippen LogP contribution < -0.4 is 0 Å². The van der Waals surface area contributed by atoms with Gasteiger partial charge in [0.15, 0.2) is 5.82 Å². The predicted octanol–water partition coefficient (Wildman–Crippen LogP) is 2.36. The molecule has 3 rings (SSSR count). The quantitative estimate of drug-likeness (QED) is 0.682. The van der Waals surface area contributed by atoms with E-state index in [-0.39, 0.29) is 18.0 Å². The van der Waals surface area contributed by atoms with Crippen molar-refractivity contribution in [3.05, 3.63) is 11.4 Å². The highest BCUT2D eigenvalue weighted by molar-refractivity contribution is 5.79. The molecule has 0 aliphatic carbocycles. The maximum Gasteiger partial charge on any atom is 0.410 e. The van der Waals surface area contributed by atoms with Crippen molar-refractivity contribution in [3.63, 3.8) is 0 Å². The molecule has 1 atom stereocenters. The summed E-state index contributed by atoms with van der Waals surface area (Å²) < 4.78 is 5.40. The van der Waals surface area contributed by atoms with Crippen LogP contribution >= 0.6 is 0 Å². The first-order valence-electron chi connectivity index (χ1n) is 6.77. The molecule has 1 saturated heterocycles. The molecule has 3 aliphatic heterocycles. The zero-order valence-electron chi connectivity index (χ0n) is 11.9. The van der Waals surface area contributed by atoms with E-state index in [1.165, 1.54) is 0 Å². The molecule has 7 heteroatoms. The Hall–Kier alpha value is -1.92. The summed E-state index contributed by atoms with van der Waals surface area (Å²) in [5.41, 5.74) is 0.490. The minimum absolute atomic E-state index is 0.238. The summed E-state index contributed by atoms with van der Waals surface area (Å²) in [7, 11) is 0. The number of nitrogens with zero attached hydrogens (tertiary/aromatic N) is 4. The van der Waals surface area contributed by atoms with Gasteiger partial charge in [-0.25, -0.2) is 9.59 Å². The van der Waals surface area contributed by atoms with Gasteiger partial charge < -0.3 is 9.64 Å². The molecule has 0 radical (unpaired) electrons. The van der Waals surface area contributed by atoms with Gasteiger partial charge in [0.05, 0.1) is 0 Å². The molecule has 2 bridgehead atoms. The monoisotopic (exact) mass is 278 g/mol. The average molecular weight is 278 g/mol. The lowest BCUT2D eigenvalue weighted by Crippen LogP contribution is -2.49. The lowest BCUT2D eigenvalue weighted by Gasteiger charge is -2.40. The topological polar surface area (TPSA) is 74.6 Å². The largest absolute Gasteiger partial charge is 0.444 e. The fourth-order valence-electron chi connectivity index (χ4n) is 2.81. The van der Waals surface area contributed by atoms with Gasteiger partial charge in [-0.15, -0.1) is 5.11 Å². The Morgan fingerprint density at radius 1 is 1.30 bits per heavy atom. The molecule has 0 spiro atoms. The zero-order valence-corrected chi connectivity index (χ0v) is 11.9. The Balaban J connectivity index is 1.79. The molecule has 0 aromatic rings. The third-order valence-electron chi connectivity index (χ3n) is 3.52. The second kappa shape index (κ2) is 4.29. The van der Waals surface area contributed by atoms with Crippen LogP contribution in [-0.2, 0) is 4.74 Å². The van der Waals surface area contributed by atoms with Gasteiger partial charge in [-0.2, -0.15) is 0 Å². The molecule has 7 nitrogen and oxygen atoms in total. The van der Waals surface area contributed by atoms with Crippen molar-refractivity contribution in [2.45, 2.75) is 32.8 Å². The van der Waals surface area contributed by atoms with Gasteiger partial charge in [0.2, 0.25) is 0 Å². The molecule has 0 N–H and O–H groups in total. The number of carbonyl (C=O) groups is 2. The Morgan fingerprint density at radius 3 is 2.75 bits per heavy atom. The van der Waals surface area contributed by atoms with Gasteiger partial charge in [-0.1, -0.05) is 5.11 Å². The van der Waals surface area contributed by atoms with Crippen LogP contribution in [0.4, 0.5) is 9.59 Å². The minimum atomic E-state index is -0.503. The van der Waals surface area contributed by atoms with Gasteiger partial charge in [0.25, 0.3) is 0 Å². The van der Waals surface area contributed by atoms with Crippen molar-refractivity contribution >= 4 is 12.1 Å². The van der Waals surface area contributed by atoms with Crippen LogP contribution in [0.1, 0.15) is 27.2 Å². The highest BCUT2D eigenvalue weighted by atomic mass is 16.6. The highest BCUT2D eigenvalue weighted by Crippen LogP contribution is 2.35. The summed E-state index contributed by atoms with van der Waals surface area (Å²) in [6.07, 6.45) is 0.562. The summed E-state index contributed by atoms with van der Waals surface area (Å²) in [6, 6.07) is -0.298. The van der Waals surface area contributed by atoms with Crippen LogP contribution in [0.15, 0.2) is 21.6 Å². The number of amides is 3. The first-order chi connectivity index (χ1) is 9.33. The number of ether oxygens (including phenoxy) is 1. The van der Waals surface area contributed by atoms with Crippen LogP contribution in [0.3, 0.4) is 0 Å². The van der Waals surface area contributed by atoms with Crippen molar-refractivity contribution in [2.75, 3.05) is 19.6 Å². The predicted molar refractivity (Wildman–Crippen MR) is 69.9 cm³/mol. The highest BCUT2D eigenvalue weighted by Gasteiger charge is 2.40. The molecular weight excluding hydrogens is 260 g/mol. The number of azo groups is 1. The lowest BCUT2D eigenvalue weighted by atomic mass is 9.90. The summed E-state index contributed by atoms with van der Waals surface area (Å²) in [5, 5.41) is 7.52. The fourth-order valence-corrected chi connectivity index (χ4v) is 2.81. The second-order valence-corrected chi connectivity index (χ2v) is 6.45. The minimum Gasteiger partial charge on any atom is -0.444 e. The van der Waals surface area contributed by atoms with Crippen LogP contribution in [0.25, 0.3) is 0 Å². The molecule has 20 heavy (non-hydrogen) atoms. The third-order valence-corrected chi connectivity index (χ3v) is 3.52. The Labute approximate surface area is 117 Å². The fraction of sp³-hybridized carbons (Fsp3) is 0.692. The van der Waals surface area contributed by atoms with Crippen LogP contribution in [0.2, 0.25) is 0 Å². The molecule has 0 aromatic carbocycles. The molecule has 1 fully saturated rings. The SMILES string of the molecule is CC(C)(C)OC(=O)N1CC2=C3N=NC(=O)N3CC(C2)C1. The molecule has 3 amide bonds. The van der Waals surface area contributed by atoms with Gasteiger partial charge in [0.1, 0.15) is 5.60 Å². The number of urea groups is 1. The summed E-state index contributed by atoms with van der Waals surface area (Å²) in [5.74, 6) is 0.863. The van der Waals surface area contributed by atoms with Crippen LogP contribution in [0.5, 0.6) is 0 Å². The molecule has 108 valence electrons. The number of carbonyl (C=O) groups excluding carboxylic acids is 2. The van der Waals surface area contributed by atoms with Crippen molar-refractivity contribution in [2.24, 2.45) is 16.1 Å². The Bertz CT molecular complexity index is 532. The van der Waals surface area contributed by atoms with E-state index in [9.17, 15) is 9.59 Å². The van der Waals surface area contributed by atoms with Gasteiger partial charge >= 0.3 is 12.1 Å². The maximum atomic E-state index is 12.1. The van der Waals surface area contributed by atoms with Crippen molar-refractivity contribution in [3.8, 4) is 0 Å². The number of hydrogen-bond donors (Lipinski definition) is 0. The summed E-state index contributed by atoms with van der Waals surface area (Å²) in [4.78, 5) is 27.0. The second-order valence-electron chi connectivity index (χ2n) is 6.45. The number of hydrogen-bond acceptors (Lipinski definition) is 4. The number of fused-ring (bicyclic) bond motifs is 3. The van der Waals surface area contributed by atoms with Crippen molar-refractivity contribution in [1.29, 1.82) is 0 Å². The Morgan fingerprint density at radius 2 is 2.05 bits per heavy atom. The number of likely N-dealkylation sites (tertiary alicyclic amines) is 1. The van der Waals surface area contributed by atoms with Crippen LogP contribution in [-0.4, -0.2) is 47.2 Å². The smallest absolute Gasteiger partial charge is 0.410 e. The van der Waals surface area contributed by atoms with Crippen molar-refractivity contribution < 1.29 is 14.3 Å². The van der Waals surface area contributed by atoms with E-state index < -0.39 is 5.60 Å². The summed E-state index contributed by atoms with van der Waals surface area (Å²) in [6.45, 7) is 7.19. The van der Waals surface area contributed by atoms with Crippen molar-refractivity contribution in [1.82, 2.24) is 9.80 Å². The van der Waals surface area contributed by atoms with E-state index in [4.69, 9.17) is 4.74 Å². The maximum absolute atomic E-state index is 12.1. The molecule has 3 aliphatic rings. The van der Waals surface area contributed by atoms with Gasteiger partial charge in [-0.3, -0.25) is 4.90 Å². The van der Waals surface area contributed by atoms with Gasteiger partial charge in [-0.05, 0) is 38.7 Å². The van der Waals surface area contributed by atoms with E-state index in [2.05, 4.69) is 10.2 Å². The van der Waals surface area contributed by atoms with E-state index in [0.29, 0.717) is 25.5 Å². The normalized spacial score (nSPS) is 25.1. The molecule has 3 heterocycles. The molecule has 1 unspecified atom stereocenters. The standard InChI is InChI=1S/C13H18N4O3/c1-13(2,3)20-12(19)16-5-8-4-9(7-16)10-14-15-11(18)17(10)6-8/h8H,4-7H2,1-3H3.